The molecule has 4 rings (SSSR count). The SMILES string of the molecule is COc1ccc(-c2cc(C(=O)OCC(=O)N[C@H]3CCC[C@@H](C)[C@@H]3C)c3ccccc3n2)cc1OC. The molecule has 3 aromatic rings. The maximum Gasteiger partial charge on any atom is 0.339 e. The summed E-state index contributed by atoms with van der Waals surface area (Å²) in [5, 5.41) is 3.71. The van der Waals surface area contributed by atoms with E-state index in [1.54, 1.807) is 26.4 Å². The molecule has 0 saturated heterocycles. The minimum absolute atomic E-state index is 0.114. The number of aromatic nitrogens is 1. The molecular weight excluding hydrogens is 444 g/mol. The van der Waals surface area contributed by atoms with Crippen LogP contribution in [-0.4, -0.2) is 43.7 Å². The second kappa shape index (κ2) is 10.8. The van der Waals surface area contributed by atoms with Gasteiger partial charge < -0.3 is 19.5 Å². The summed E-state index contributed by atoms with van der Waals surface area (Å²) in [6.45, 7) is 4.06. The van der Waals surface area contributed by atoms with Crippen LogP contribution in [0.2, 0.25) is 0 Å². The Balaban J connectivity index is 1.55. The number of pyridine rings is 1. The smallest absolute Gasteiger partial charge is 0.339 e. The molecule has 35 heavy (non-hydrogen) atoms. The van der Waals surface area contributed by atoms with Crippen LogP contribution >= 0.6 is 0 Å². The lowest BCUT2D eigenvalue weighted by Gasteiger charge is -2.34. The van der Waals surface area contributed by atoms with Crippen LogP contribution in [0.15, 0.2) is 48.5 Å². The van der Waals surface area contributed by atoms with E-state index in [9.17, 15) is 9.59 Å². The molecule has 1 aromatic heterocycles. The number of methoxy groups -OCH3 is 2. The second-order valence-electron chi connectivity index (χ2n) is 9.16. The van der Waals surface area contributed by atoms with Gasteiger partial charge in [-0.1, -0.05) is 44.9 Å². The van der Waals surface area contributed by atoms with Crippen LogP contribution in [0.3, 0.4) is 0 Å². The molecule has 1 saturated carbocycles. The van der Waals surface area contributed by atoms with Crippen molar-refractivity contribution < 1.29 is 23.8 Å². The van der Waals surface area contributed by atoms with Crippen molar-refractivity contribution in [2.45, 2.75) is 39.2 Å². The zero-order chi connectivity index (χ0) is 24.9. The van der Waals surface area contributed by atoms with E-state index in [1.165, 1.54) is 6.42 Å². The number of carbonyl (C=O) groups excluding carboxylic acids is 2. The van der Waals surface area contributed by atoms with Gasteiger partial charge in [-0.2, -0.15) is 0 Å². The van der Waals surface area contributed by atoms with Crippen molar-refractivity contribution >= 4 is 22.8 Å². The topological polar surface area (TPSA) is 86.8 Å². The summed E-state index contributed by atoms with van der Waals surface area (Å²) in [5.74, 6) is 1.29. The quantitative estimate of drug-likeness (QED) is 0.482. The standard InChI is InChI=1S/C28H32N2O5/c1-17-8-7-11-22(18(17)2)30-27(31)16-35-28(32)21-15-24(29-23-10-6-5-9-20(21)23)19-12-13-25(33-3)26(14-19)34-4/h5-6,9-10,12-15,17-18,22H,7-8,11,16H2,1-4H3,(H,30,31)/t17-,18+,22+/m1/s1. The van der Waals surface area contributed by atoms with Crippen LogP contribution in [0, 0.1) is 11.8 Å². The van der Waals surface area contributed by atoms with Gasteiger partial charge in [0, 0.05) is 17.0 Å². The fourth-order valence-corrected chi connectivity index (χ4v) is 4.73. The highest BCUT2D eigenvalue weighted by atomic mass is 16.5. The molecule has 0 unspecified atom stereocenters. The van der Waals surface area contributed by atoms with Crippen molar-refractivity contribution in [3.05, 3.63) is 54.1 Å². The number of para-hydroxylation sites is 1. The summed E-state index contributed by atoms with van der Waals surface area (Å²) < 4.78 is 16.2. The highest BCUT2D eigenvalue weighted by Gasteiger charge is 2.28. The second-order valence-corrected chi connectivity index (χ2v) is 9.16. The van der Waals surface area contributed by atoms with Gasteiger partial charge in [0.05, 0.1) is 31.0 Å². The molecule has 0 radical (unpaired) electrons. The molecule has 1 fully saturated rings. The third-order valence-corrected chi connectivity index (χ3v) is 7.00. The number of hydrogen-bond donors (Lipinski definition) is 1. The Morgan fingerprint density at radius 3 is 2.54 bits per heavy atom. The molecule has 1 aliphatic rings. The Hall–Kier alpha value is -3.61. The van der Waals surface area contributed by atoms with Gasteiger partial charge in [-0.15, -0.1) is 0 Å². The Kier molecular flexibility index (Phi) is 7.54. The molecule has 0 spiro atoms. The predicted octanol–water partition coefficient (Wildman–Crippen LogP) is 5.02. The minimum atomic E-state index is -0.564. The third kappa shape index (κ3) is 5.39. The number of rotatable bonds is 7. The number of benzene rings is 2. The fourth-order valence-electron chi connectivity index (χ4n) is 4.73. The Morgan fingerprint density at radius 1 is 1.00 bits per heavy atom. The highest BCUT2D eigenvalue weighted by Crippen LogP contribution is 2.33. The van der Waals surface area contributed by atoms with Crippen LogP contribution in [0.25, 0.3) is 22.2 Å². The van der Waals surface area contributed by atoms with E-state index in [1.807, 2.05) is 36.4 Å². The number of amides is 1. The molecule has 7 heteroatoms. The van der Waals surface area contributed by atoms with Crippen molar-refractivity contribution in [3.63, 3.8) is 0 Å². The average molecular weight is 477 g/mol. The van der Waals surface area contributed by atoms with Gasteiger partial charge in [0.2, 0.25) is 0 Å². The van der Waals surface area contributed by atoms with Gasteiger partial charge in [0.15, 0.2) is 18.1 Å². The number of fused-ring (bicyclic) bond motifs is 1. The lowest BCUT2D eigenvalue weighted by Crippen LogP contribution is -2.45. The fraction of sp³-hybridized carbons (Fsp3) is 0.393. The van der Waals surface area contributed by atoms with Gasteiger partial charge in [-0.05, 0) is 48.6 Å². The van der Waals surface area contributed by atoms with Gasteiger partial charge in [-0.3, -0.25) is 4.79 Å². The van der Waals surface area contributed by atoms with Crippen LogP contribution in [0.5, 0.6) is 11.5 Å². The minimum Gasteiger partial charge on any atom is -0.493 e. The van der Waals surface area contributed by atoms with E-state index in [0.717, 1.165) is 18.4 Å². The third-order valence-electron chi connectivity index (χ3n) is 7.00. The van der Waals surface area contributed by atoms with Gasteiger partial charge in [-0.25, -0.2) is 9.78 Å². The van der Waals surface area contributed by atoms with E-state index in [4.69, 9.17) is 19.2 Å². The maximum absolute atomic E-state index is 13.1. The van der Waals surface area contributed by atoms with Crippen molar-refractivity contribution in [2.75, 3.05) is 20.8 Å². The first-order valence-electron chi connectivity index (χ1n) is 12.0. The molecule has 1 N–H and O–H groups in total. The number of hydrogen-bond acceptors (Lipinski definition) is 6. The largest absolute Gasteiger partial charge is 0.493 e. The van der Waals surface area contributed by atoms with E-state index >= 15 is 0 Å². The molecule has 2 aromatic carbocycles. The number of ether oxygens (including phenoxy) is 3. The lowest BCUT2D eigenvalue weighted by molar-refractivity contribution is -0.125. The van der Waals surface area contributed by atoms with Crippen LogP contribution in [-0.2, 0) is 9.53 Å². The predicted molar refractivity (Wildman–Crippen MR) is 135 cm³/mol. The molecule has 184 valence electrons. The zero-order valence-electron chi connectivity index (χ0n) is 20.7. The summed E-state index contributed by atoms with van der Waals surface area (Å²) in [6, 6.07) is 14.6. The summed E-state index contributed by atoms with van der Waals surface area (Å²) in [4.78, 5) is 30.4. The Labute approximate surface area is 205 Å². The number of carbonyl (C=O) groups is 2. The first-order valence-corrected chi connectivity index (χ1v) is 12.0. The number of esters is 1. The van der Waals surface area contributed by atoms with Crippen molar-refractivity contribution in [3.8, 4) is 22.8 Å². The van der Waals surface area contributed by atoms with Crippen LogP contribution < -0.4 is 14.8 Å². The normalized spacial score (nSPS) is 19.7. The summed E-state index contributed by atoms with van der Waals surface area (Å²) >= 11 is 0. The molecule has 3 atom stereocenters. The molecule has 1 amide bonds. The molecule has 7 nitrogen and oxygen atoms in total. The van der Waals surface area contributed by atoms with Gasteiger partial charge >= 0.3 is 5.97 Å². The molecule has 0 aliphatic heterocycles. The molecule has 0 bridgehead atoms. The lowest BCUT2D eigenvalue weighted by atomic mass is 9.78. The van der Waals surface area contributed by atoms with Crippen molar-refractivity contribution in [1.29, 1.82) is 0 Å². The van der Waals surface area contributed by atoms with Crippen molar-refractivity contribution in [1.82, 2.24) is 10.3 Å². The molecule has 1 aliphatic carbocycles. The first-order chi connectivity index (χ1) is 16.9. The van der Waals surface area contributed by atoms with Crippen LogP contribution in [0.1, 0.15) is 43.5 Å². The highest BCUT2D eigenvalue weighted by molar-refractivity contribution is 6.05. The first kappa shape index (κ1) is 24.5. The van der Waals surface area contributed by atoms with E-state index in [0.29, 0.717) is 45.5 Å². The summed E-state index contributed by atoms with van der Waals surface area (Å²) in [6.07, 6.45) is 3.23. The Morgan fingerprint density at radius 2 is 1.77 bits per heavy atom. The average Bonchev–Trinajstić information content (AvgIpc) is 2.88. The zero-order valence-corrected chi connectivity index (χ0v) is 20.7. The number of nitrogens with zero attached hydrogens (tertiary/aromatic N) is 1. The maximum atomic E-state index is 13.1. The van der Waals surface area contributed by atoms with Crippen molar-refractivity contribution in [2.24, 2.45) is 11.8 Å². The van der Waals surface area contributed by atoms with E-state index in [2.05, 4.69) is 19.2 Å². The Bertz CT molecular complexity index is 1230. The van der Waals surface area contributed by atoms with Crippen LogP contribution in [0.4, 0.5) is 0 Å². The number of nitrogens with one attached hydrogen (secondary N) is 1. The summed E-state index contributed by atoms with van der Waals surface area (Å²) in [5.41, 5.74) is 2.36. The van der Waals surface area contributed by atoms with Gasteiger partial charge in [0.1, 0.15) is 0 Å². The van der Waals surface area contributed by atoms with E-state index < -0.39 is 5.97 Å². The monoisotopic (exact) mass is 476 g/mol. The van der Waals surface area contributed by atoms with E-state index in [-0.39, 0.29) is 18.6 Å². The molecule has 1 heterocycles. The van der Waals surface area contributed by atoms with Gasteiger partial charge in [0.25, 0.3) is 5.91 Å². The summed E-state index contributed by atoms with van der Waals surface area (Å²) in [7, 11) is 3.14. The molecular formula is C28H32N2O5.